The molecule has 0 bridgehead atoms. The number of carbonyl (C=O) groups is 1. The predicted molar refractivity (Wildman–Crippen MR) is 70.1 cm³/mol. The Balaban J connectivity index is 2.22. The van der Waals surface area contributed by atoms with Gasteiger partial charge < -0.3 is 11.1 Å². The molecule has 0 heterocycles. The highest BCUT2D eigenvalue weighted by Gasteiger charge is 2.33. The van der Waals surface area contributed by atoms with Crippen molar-refractivity contribution in [2.45, 2.75) is 45.6 Å². The minimum Gasteiger partial charge on any atom is -0.398 e. The fourth-order valence-corrected chi connectivity index (χ4v) is 2.29. The van der Waals surface area contributed by atoms with Crippen LogP contribution in [0, 0.1) is 13.8 Å². The normalized spacial score (nSPS) is 17.4. The molecule has 1 aromatic rings. The number of rotatable bonds is 2. The summed E-state index contributed by atoms with van der Waals surface area (Å²) in [5.41, 5.74) is 9.23. The first-order valence-electron chi connectivity index (χ1n) is 6.10. The van der Waals surface area contributed by atoms with E-state index in [9.17, 15) is 4.79 Å². The third-order valence-corrected chi connectivity index (χ3v) is 3.73. The van der Waals surface area contributed by atoms with E-state index < -0.39 is 0 Å². The summed E-state index contributed by atoms with van der Waals surface area (Å²) in [5, 5.41) is 3.10. The predicted octanol–water partition coefficient (Wildman–Crippen LogP) is 2.56. The molecule has 1 saturated carbocycles. The molecule has 2 rings (SSSR count). The summed E-state index contributed by atoms with van der Waals surface area (Å²) >= 11 is 0. The van der Waals surface area contributed by atoms with Crippen LogP contribution in [0.4, 0.5) is 5.69 Å². The monoisotopic (exact) mass is 232 g/mol. The molecule has 1 aliphatic rings. The fourth-order valence-electron chi connectivity index (χ4n) is 2.29. The molecule has 17 heavy (non-hydrogen) atoms. The van der Waals surface area contributed by atoms with Gasteiger partial charge in [0.05, 0.1) is 0 Å². The van der Waals surface area contributed by atoms with E-state index >= 15 is 0 Å². The summed E-state index contributed by atoms with van der Waals surface area (Å²) in [4.78, 5) is 12.2. The first-order chi connectivity index (χ1) is 7.91. The van der Waals surface area contributed by atoms with Crippen LogP contribution in [-0.4, -0.2) is 11.4 Å². The van der Waals surface area contributed by atoms with E-state index in [1.165, 1.54) is 6.42 Å². The molecule has 0 radical (unpaired) electrons. The van der Waals surface area contributed by atoms with Crippen molar-refractivity contribution in [2.24, 2.45) is 0 Å². The maximum Gasteiger partial charge on any atom is 0.252 e. The number of benzene rings is 1. The van der Waals surface area contributed by atoms with Gasteiger partial charge >= 0.3 is 0 Å². The van der Waals surface area contributed by atoms with Crippen LogP contribution < -0.4 is 11.1 Å². The molecule has 1 aliphatic carbocycles. The van der Waals surface area contributed by atoms with Crippen LogP contribution >= 0.6 is 0 Å². The number of carbonyl (C=O) groups excluding carboxylic acids is 1. The SMILES string of the molecule is Cc1cc(C)c(C(=O)NC2(C)CCC2)cc1N. The Labute approximate surface area is 102 Å². The number of nitrogens with one attached hydrogen (secondary N) is 1. The molecule has 0 aliphatic heterocycles. The number of anilines is 1. The molecule has 3 nitrogen and oxygen atoms in total. The molecular formula is C14H20N2O. The minimum atomic E-state index is -0.0107. The standard InChI is InChI=1S/C14H20N2O/c1-9-7-10(2)12(15)8-11(9)13(17)16-14(3)5-4-6-14/h7-8H,4-6,15H2,1-3H3,(H,16,17). The molecule has 0 atom stereocenters. The number of amides is 1. The van der Waals surface area contributed by atoms with Crippen LogP contribution in [0.25, 0.3) is 0 Å². The molecule has 0 spiro atoms. The van der Waals surface area contributed by atoms with E-state index in [4.69, 9.17) is 5.73 Å². The maximum absolute atomic E-state index is 12.2. The van der Waals surface area contributed by atoms with Gasteiger partial charge in [-0.25, -0.2) is 0 Å². The molecule has 0 saturated heterocycles. The van der Waals surface area contributed by atoms with Crippen LogP contribution in [0.3, 0.4) is 0 Å². The Bertz CT molecular complexity index is 462. The summed E-state index contributed by atoms with van der Waals surface area (Å²) in [6, 6.07) is 3.75. The second kappa shape index (κ2) is 4.06. The number of nitrogen functional groups attached to an aromatic ring is 1. The zero-order chi connectivity index (χ0) is 12.6. The number of hydrogen-bond acceptors (Lipinski definition) is 2. The number of hydrogen-bond donors (Lipinski definition) is 2. The summed E-state index contributed by atoms with van der Waals surface area (Å²) < 4.78 is 0. The summed E-state index contributed by atoms with van der Waals surface area (Å²) in [6.45, 7) is 6.00. The van der Waals surface area contributed by atoms with Crippen molar-refractivity contribution in [1.82, 2.24) is 5.32 Å². The Morgan fingerprint density at radius 1 is 1.29 bits per heavy atom. The van der Waals surface area contributed by atoms with Gasteiger partial charge in [0.25, 0.3) is 5.91 Å². The molecule has 1 amide bonds. The Morgan fingerprint density at radius 2 is 1.94 bits per heavy atom. The Morgan fingerprint density at radius 3 is 2.47 bits per heavy atom. The number of nitrogens with two attached hydrogens (primary N) is 1. The molecule has 0 aromatic heterocycles. The maximum atomic E-state index is 12.2. The quantitative estimate of drug-likeness (QED) is 0.770. The van der Waals surface area contributed by atoms with Gasteiger partial charge in [-0.05, 0) is 57.2 Å². The van der Waals surface area contributed by atoms with E-state index in [1.54, 1.807) is 6.07 Å². The third-order valence-electron chi connectivity index (χ3n) is 3.73. The van der Waals surface area contributed by atoms with Gasteiger partial charge in [0.15, 0.2) is 0 Å². The first-order valence-corrected chi connectivity index (χ1v) is 6.10. The topological polar surface area (TPSA) is 55.1 Å². The average molecular weight is 232 g/mol. The lowest BCUT2D eigenvalue weighted by molar-refractivity contribution is 0.0850. The van der Waals surface area contributed by atoms with E-state index in [0.717, 1.165) is 24.0 Å². The third kappa shape index (κ3) is 2.28. The van der Waals surface area contributed by atoms with Crippen LogP contribution in [0.1, 0.15) is 47.7 Å². The lowest BCUT2D eigenvalue weighted by Gasteiger charge is -2.39. The molecule has 3 N–H and O–H groups in total. The molecule has 3 heteroatoms. The van der Waals surface area contributed by atoms with E-state index in [1.807, 2.05) is 19.9 Å². The minimum absolute atomic E-state index is 0.00333. The lowest BCUT2D eigenvalue weighted by Crippen LogP contribution is -2.51. The second-order valence-corrected chi connectivity index (χ2v) is 5.39. The van der Waals surface area contributed by atoms with Gasteiger partial charge in [0, 0.05) is 16.8 Å². The fraction of sp³-hybridized carbons (Fsp3) is 0.500. The van der Waals surface area contributed by atoms with Gasteiger partial charge in [-0.2, -0.15) is 0 Å². The largest absolute Gasteiger partial charge is 0.398 e. The van der Waals surface area contributed by atoms with Gasteiger partial charge in [0.1, 0.15) is 0 Å². The highest BCUT2D eigenvalue weighted by molar-refractivity contribution is 5.97. The zero-order valence-electron chi connectivity index (χ0n) is 10.8. The first kappa shape index (κ1) is 12.0. The van der Waals surface area contributed by atoms with Crippen molar-refractivity contribution in [1.29, 1.82) is 0 Å². The van der Waals surface area contributed by atoms with Crippen LogP contribution in [0.5, 0.6) is 0 Å². The summed E-state index contributed by atoms with van der Waals surface area (Å²) in [5.74, 6) is -0.00333. The highest BCUT2D eigenvalue weighted by Crippen LogP contribution is 2.31. The highest BCUT2D eigenvalue weighted by atomic mass is 16.1. The van der Waals surface area contributed by atoms with Gasteiger partial charge in [0.2, 0.25) is 0 Å². The van der Waals surface area contributed by atoms with Crippen molar-refractivity contribution in [3.8, 4) is 0 Å². The van der Waals surface area contributed by atoms with Crippen LogP contribution in [0.2, 0.25) is 0 Å². The Kier molecular flexibility index (Phi) is 2.86. The Hall–Kier alpha value is -1.51. The number of aryl methyl sites for hydroxylation is 2. The van der Waals surface area contributed by atoms with Crippen molar-refractivity contribution in [3.05, 3.63) is 28.8 Å². The molecule has 0 unspecified atom stereocenters. The van der Waals surface area contributed by atoms with Crippen LogP contribution in [0.15, 0.2) is 12.1 Å². The summed E-state index contributed by atoms with van der Waals surface area (Å²) in [6.07, 6.45) is 3.34. The van der Waals surface area contributed by atoms with Gasteiger partial charge in [-0.1, -0.05) is 6.07 Å². The molecule has 1 aromatic carbocycles. The molecule has 1 fully saturated rings. The second-order valence-electron chi connectivity index (χ2n) is 5.39. The van der Waals surface area contributed by atoms with Crippen LogP contribution in [-0.2, 0) is 0 Å². The van der Waals surface area contributed by atoms with Gasteiger partial charge in [-0.15, -0.1) is 0 Å². The smallest absolute Gasteiger partial charge is 0.252 e. The van der Waals surface area contributed by atoms with Gasteiger partial charge in [-0.3, -0.25) is 4.79 Å². The van der Waals surface area contributed by atoms with Crippen molar-refractivity contribution in [3.63, 3.8) is 0 Å². The van der Waals surface area contributed by atoms with E-state index in [-0.39, 0.29) is 11.4 Å². The van der Waals surface area contributed by atoms with Crippen molar-refractivity contribution in [2.75, 3.05) is 5.73 Å². The molecule has 92 valence electrons. The summed E-state index contributed by atoms with van der Waals surface area (Å²) in [7, 11) is 0. The lowest BCUT2D eigenvalue weighted by atomic mass is 9.78. The molecular weight excluding hydrogens is 212 g/mol. The van der Waals surface area contributed by atoms with E-state index in [0.29, 0.717) is 11.3 Å². The average Bonchev–Trinajstić information content (AvgIpc) is 2.21. The van der Waals surface area contributed by atoms with Crippen molar-refractivity contribution < 1.29 is 4.79 Å². The zero-order valence-corrected chi connectivity index (χ0v) is 10.8. The van der Waals surface area contributed by atoms with E-state index in [2.05, 4.69) is 12.2 Å². The van der Waals surface area contributed by atoms with Crippen molar-refractivity contribution >= 4 is 11.6 Å².